The average Bonchev–Trinajstić information content (AvgIpc) is 2.65. The predicted molar refractivity (Wildman–Crippen MR) is 95.0 cm³/mol. The molecular weight excluding hydrogens is 322 g/mol. The van der Waals surface area contributed by atoms with E-state index in [-0.39, 0.29) is 12.1 Å². The zero-order chi connectivity index (χ0) is 18.1. The topological polar surface area (TPSA) is 97.4 Å². The smallest absolute Gasteiger partial charge is 0.315 e. The summed E-state index contributed by atoms with van der Waals surface area (Å²) >= 11 is 0. The summed E-state index contributed by atoms with van der Waals surface area (Å²) in [6.45, 7) is 2.84. The fourth-order valence-electron chi connectivity index (χ4n) is 2.24. The van der Waals surface area contributed by atoms with Crippen LogP contribution in [0.15, 0.2) is 36.7 Å². The Kier molecular flexibility index (Phi) is 6.82. The molecule has 3 N–H and O–H groups in total. The molecule has 0 aliphatic rings. The van der Waals surface area contributed by atoms with Gasteiger partial charge in [-0.15, -0.1) is 0 Å². The molecule has 1 aromatic heterocycles. The van der Waals surface area contributed by atoms with E-state index in [2.05, 4.69) is 25.9 Å². The SMILES string of the molecule is COc1ccc(OC)c([C@@H](C)NC(=O)NCCNc2ncccn2)c1. The van der Waals surface area contributed by atoms with E-state index in [4.69, 9.17) is 9.47 Å². The van der Waals surface area contributed by atoms with Crippen LogP contribution in [0.25, 0.3) is 0 Å². The first-order chi connectivity index (χ1) is 12.1. The van der Waals surface area contributed by atoms with Gasteiger partial charge in [0.05, 0.1) is 20.3 Å². The number of anilines is 1. The average molecular weight is 345 g/mol. The minimum atomic E-state index is -0.270. The van der Waals surface area contributed by atoms with Crippen molar-refractivity contribution in [3.05, 3.63) is 42.2 Å². The van der Waals surface area contributed by atoms with Crippen LogP contribution in [0.1, 0.15) is 18.5 Å². The van der Waals surface area contributed by atoms with Crippen LogP contribution in [-0.4, -0.2) is 43.3 Å². The number of carbonyl (C=O) groups excluding carboxylic acids is 1. The molecule has 2 rings (SSSR count). The molecule has 2 aromatic rings. The molecule has 0 aliphatic heterocycles. The van der Waals surface area contributed by atoms with Crippen LogP contribution >= 0.6 is 0 Å². The van der Waals surface area contributed by atoms with E-state index in [0.29, 0.717) is 30.5 Å². The number of urea groups is 1. The van der Waals surface area contributed by atoms with Gasteiger partial charge in [-0.05, 0) is 31.2 Å². The number of hydrogen-bond donors (Lipinski definition) is 3. The van der Waals surface area contributed by atoms with Gasteiger partial charge in [0.25, 0.3) is 0 Å². The maximum Gasteiger partial charge on any atom is 0.315 e. The van der Waals surface area contributed by atoms with Crippen molar-refractivity contribution in [2.75, 3.05) is 32.6 Å². The maximum absolute atomic E-state index is 12.0. The summed E-state index contributed by atoms with van der Waals surface area (Å²) in [7, 11) is 3.19. The zero-order valence-corrected chi connectivity index (χ0v) is 14.6. The normalized spacial score (nSPS) is 11.3. The van der Waals surface area contributed by atoms with E-state index >= 15 is 0 Å². The van der Waals surface area contributed by atoms with Crippen molar-refractivity contribution in [2.45, 2.75) is 13.0 Å². The van der Waals surface area contributed by atoms with Crippen LogP contribution < -0.4 is 25.4 Å². The molecule has 0 fully saturated rings. The fraction of sp³-hybridized carbons (Fsp3) is 0.353. The second-order valence-corrected chi connectivity index (χ2v) is 5.23. The van der Waals surface area contributed by atoms with Crippen LogP contribution in [0, 0.1) is 0 Å². The molecule has 1 aromatic carbocycles. The molecule has 1 atom stereocenters. The van der Waals surface area contributed by atoms with E-state index in [1.807, 2.05) is 25.1 Å². The molecule has 0 unspecified atom stereocenters. The second kappa shape index (κ2) is 9.31. The lowest BCUT2D eigenvalue weighted by Gasteiger charge is -2.18. The van der Waals surface area contributed by atoms with Gasteiger partial charge in [0.1, 0.15) is 11.5 Å². The Morgan fingerprint density at radius 2 is 1.92 bits per heavy atom. The molecule has 2 amide bonds. The van der Waals surface area contributed by atoms with Gasteiger partial charge in [-0.1, -0.05) is 0 Å². The van der Waals surface area contributed by atoms with E-state index in [1.54, 1.807) is 32.7 Å². The third-order valence-electron chi connectivity index (χ3n) is 3.51. The third kappa shape index (κ3) is 5.52. The highest BCUT2D eigenvalue weighted by Gasteiger charge is 2.15. The molecule has 0 saturated carbocycles. The van der Waals surface area contributed by atoms with Gasteiger partial charge >= 0.3 is 6.03 Å². The van der Waals surface area contributed by atoms with Gasteiger partial charge in [0.15, 0.2) is 0 Å². The number of amides is 2. The van der Waals surface area contributed by atoms with Crippen molar-refractivity contribution in [3.8, 4) is 11.5 Å². The molecule has 0 radical (unpaired) electrons. The molecule has 8 heteroatoms. The number of aromatic nitrogens is 2. The van der Waals surface area contributed by atoms with Crippen molar-refractivity contribution in [1.82, 2.24) is 20.6 Å². The molecule has 25 heavy (non-hydrogen) atoms. The standard InChI is InChI=1S/C17H23N5O3/c1-12(14-11-13(24-2)5-6-15(14)25-3)22-17(23)21-10-9-20-16-18-7-4-8-19-16/h4-8,11-12H,9-10H2,1-3H3,(H,18,19,20)(H2,21,22,23)/t12-/m1/s1. The number of nitrogens with zero attached hydrogens (tertiary/aromatic N) is 2. The lowest BCUT2D eigenvalue weighted by Crippen LogP contribution is -2.39. The summed E-state index contributed by atoms with van der Waals surface area (Å²) in [6.07, 6.45) is 3.30. The number of carbonyl (C=O) groups is 1. The largest absolute Gasteiger partial charge is 0.497 e. The van der Waals surface area contributed by atoms with Crippen LogP contribution in [0.5, 0.6) is 11.5 Å². The van der Waals surface area contributed by atoms with Gasteiger partial charge in [-0.25, -0.2) is 14.8 Å². The van der Waals surface area contributed by atoms with Gasteiger partial charge in [-0.2, -0.15) is 0 Å². The highest BCUT2D eigenvalue weighted by atomic mass is 16.5. The summed E-state index contributed by atoms with van der Waals surface area (Å²) in [6, 6.07) is 6.70. The number of nitrogens with one attached hydrogen (secondary N) is 3. The molecule has 8 nitrogen and oxygen atoms in total. The Balaban J connectivity index is 1.81. The summed E-state index contributed by atoms with van der Waals surface area (Å²) in [5.41, 5.74) is 0.841. The van der Waals surface area contributed by atoms with Crippen LogP contribution in [0.3, 0.4) is 0 Å². The molecule has 134 valence electrons. The Morgan fingerprint density at radius 1 is 1.16 bits per heavy atom. The number of ether oxygens (including phenoxy) is 2. The molecule has 1 heterocycles. The van der Waals surface area contributed by atoms with Crippen molar-refractivity contribution >= 4 is 12.0 Å². The maximum atomic E-state index is 12.0. The minimum Gasteiger partial charge on any atom is -0.497 e. The van der Waals surface area contributed by atoms with Crippen LogP contribution in [0.2, 0.25) is 0 Å². The summed E-state index contributed by atoms with van der Waals surface area (Å²) in [5, 5.41) is 8.67. The van der Waals surface area contributed by atoms with E-state index in [9.17, 15) is 4.79 Å². The van der Waals surface area contributed by atoms with Crippen molar-refractivity contribution in [1.29, 1.82) is 0 Å². The van der Waals surface area contributed by atoms with E-state index in [0.717, 1.165) is 5.56 Å². The molecule has 0 bridgehead atoms. The lowest BCUT2D eigenvalue weighted by molar-refractivity contribution is 0.238. The summed E-state index contributed by atoms with van der Waals surface area (Å²) in [4.78, 5) is 20.1. The third-order valence-corrected chi connectivity index (χ3v) is 3.51. The summed E-state index contributed by atoms with van der Waals surface area (Å²) < 4.78 is 10.6. The predicted octanol–water partition coefficient (Wildman–Crippen LogP) is 1.97. The molecule has 0 spiro atoms. The Morgan fingerprint density at radius 3 is 2.60 bits per heavy atom. The van der Waals surface area contributed by atoms with Gasteiger partial charge in [-0.3, -0.25) is 0 Å². The Hall–Kier alpha value is -3.03. The van der Waals surface area contributed by atoms with Gasteiger partial charge in [0.2, 0.25) is 5.95 Å². The summed E-state index contributed by atoms with van der Waals surface area (Å²) in [5.74, 6) is 1.92. The number of benzene rings is 1. The minimum absolute atomic E-state index is 0.240. The molecule has 0 aliphatic carbocycles. The number of rotatable bonds is 8. The first-order valence-corrected chi connectivity index (χ1v) is 7.91. The first kappa shape index (κ1) is 18.3. The van der Waals surface area contributed by atoms with Crippen LogP contribution in [-0.2, 0) is 0 Å². The van der Waals surface area contributed by atoms with Crippen molar-refractivity contribution < 1.29 is 14.3 Å². The van der Waals surface area contributed by atoms with Gasteiger partial charge in [0, 0.05) is 31.0 Å². The molecular formula is C17H23N5O3. The van der Waals surface area contributed by atoms with Crippen LogP contribution in [0.4, 0.5) is 10.7 Å². The second-order valence-electron chi connectivity index (χ2n) is 5.23. The van der Waals surface area contributed by atoms with E-state index in [1.165, 1.54) is 0 Å². The van der Waals surface area contributed by atoms with E-state index < -0.39 is 0 Å². The fourth-order valence-corrected chi connectivity index (χ4v) is 2.24. The Bertz CT molecular complexity index is 681. The zero-order valence-electron chi connectivity index (χ0n) is 14.6. The quantitative estimate of drug-likeness (QED) is 0.633. The number of methoxy groups -OCH3 is 2. The number of hydrogen-bond acceptors (Lipinski definition) is 6. The van der Waals surface area contributed by atoms with Gasteiger partial charge < -0.3 is 25.4 Å². The Labute approximate surface area is 147 Å². The van der Waals surface area contributed by atoms with Crippen molar-refractivity contribution in [3.63, 3.8) is 0 Å². The first-order valence-electron chi connectivity index (χ1n) is 7.91. The lowest BCUT2D eigenvalue weighted by atomic mass is 10.1. The highest BCUT2D eigenvalue weighted by Crippen LogP contribution is 2.29. The monoisotopic (exact) mass is 345 g/mol. The highest BCUT2D eigenvalue weighted by molar-refractivity contribution is 5.74. The van der Waals surface area contributed by atoms with Crippen molar-refractivity contribution in [2.24, 2.45) is 0 Å². The molecule has 0 saturated heterocycles.